The smallest absolute Gasteiger partial charge is 0.407 e. The average molecular weight is 264 g/mol. The lowest BCUT2D eigenvalue weighted by Gasteiger charge is -2.06. The molecule has 5 heteroatoms. The monoisotopic (exact) mass is 264 g/mol. The van der Waals surface area contributed by atoms with E-state index in [0.29, 0.717) is 19.0 Å². The molecule has 0 spiro atoms. The second-order valence-electron chi connectivity index (χ2n) is 4.01. The molecule has 2 rings (SSSR count). The topological polar surface area (TPSA) is 57.3 Å². The van der Waals surface area contributed by atoms with E-state index in [9.17, 15) is 4.79 Å². The summed E-state index contributed by atoms with van der Waals surface area (Å²) < 4.78 is 19.7. The van der Waals surface area contributed by atoms with E-state index in [2.05, 4.69) is 0 Å². The third-order valence-electron chi connectivity index (χ3n) is 2.41. The molecule has 0 N–H and O–H groups in total. The first-order valence-corrected chi connectivity index (χ1v) is 6.04. The van der Waals surface area contributed by atoms with E-state index in [0.717, 1.165) is 5.56 Å². The van der Waals surface area contributed by atoms with Crippen LogP contribution in [0.2, 0.25) is 0 Å². The largest absolute Gasteiger partial charge is 0.515 e. The van der Waals surface area contributed by atoms with Crippen molar-refractivity contribution in [2.24, 2.45) is 0 Å². The minimum atomic E-state index is -0.782. The molecule has 1 heterocycles. The minimum Gasteiger partial charge on any atom is -0.407 e. The molecule has 1 aromatic carbocycles. The van der Waals surface area contributed by atoms with Crippen molar-refractivity contribution < 1.29 is 23.7 Å². The van der Waals surface area contributed by atoms with Gasteiger partial charge in [0, 0.05) is 0 Å². The average Bonchev–Trinajstić information content (AvgIpc) is 3.22. The van der Waals surface area contributed by atoms with Gasteiger partial charge in [0.1, 0.15) is 11.9 Å². The van der Waals surface area contributed by atoms with Crippen LogP contribution in [0.25, 0.3) is 6.08 Å². The SMILES string of the molecule is CC=Cc1ccc(OC(=O)OCOCC2CO2)cc1. The van der Waals surface area contributed by atoms with Gasteiger partial charge in [-0.2, -0.15) is 0 Å². The molecule has 0 amide bonds. The van der Waals surface area contributed by atoms with Gasteiger partial charge in [-0.1, -0.05) is 24.3 Å². The molecular weight excluding hydrogens is 248 g/mol. The summed E-state index contributed by atoms with van der Waals surface area (Å²) in [6, 6.07) is 7.11. The van der Waals surface area contributed by atoms with Gasteiger partial charge >= 0.3 is 6.16 Å². The summed E-state index contributed by atoms with van der Waals surface area (Å²) in [5.74, 6) is 0.434. The lowest BCUT2D eigenvalue weighted by atomic mass is 10.2. The standard InChI is InChI=1S/C14H16O5/c1-2-3-11-4-6-12(7-5-11)19-14(15)18-10-16-8-13-9-17-13/h2-7,13H,8-10H2,1H3. The van der Waals surface area contributed by atoms with Gasteiger partial charge in [0.25, 0.3) is 0 Å². The first kappa shape index (κ1) is 13.6. The number of epoxide rings is 1. The van der Waals surface area contributed by atoms with Gasteiger partial charge in [0.05, 0.1) is 13.2 Å². The van der Waals surface area contributed by atoms with Gasteiger partial charge in [-0.25, -0.2) is 4.79 Å². The first-order valence-electron chi connectivity index (χ1n) is 6.04. The van der Waals surface area contributed by atoms with Crippen molar-refractivity contribution in [3.05, 3.63) is 35.9 Å². The molecule has 1 aliphatic rings. The Hall–Kier alpha value is -1.85. The fraction of sp³-hybridized carbons (Fsp3) is 0.357. The van der Waals surface area contributed by atoms with Crippen molar-refractivity contribution in [3.8, 4) is 5.75 Å². The fourth-order valence-corrected chi connectivity index (χ4v) is 1.40. The van der Waals surface area contributed by atoms with Crippen molar-refractivity contribution >= 4 is 12.2 Å². The normalized spacial score (nSPS) is 17.4. The van der Waals surface area contributed by atoms with E-state index in [-0.39, 0.29) is 12.9 Å². The quantitative estimate of drug-likeness (QED) is 0.260. The number of allylic oxidation sites excluding steroid dienone is 1. The number of carbonyl (C=O) groups is 1. The van der Waals surface area contributed by atoms with Crippen LogP contribution < -0.4 is 4.74 Å². The maximum Gasteiger partial charge on any atom is 0.515 e. The summed E-state index contributed by atoms with van der Waals surface area (Å²) in [5.41, 5.74) is 1.04. The maximum atomic E-state index is 11.3. The molecule has 0 saturated carbocycles. The van der Waals surface area contributed by atoms with Crippen molar-refractivity contribution in [1.29, 1.82) is 0 Å². The lowest BCUT2D eigenvalue weighted by molar-refractivity contribution is -0.0346. The number of benzene rings is 1. The van der Waals surface area contributed by atoms with E-state index in [1.54, 1.807) is 12.1 Å². The predicted molar refractivity (Wildman–Crippen MR) is 68.8 cm³/mol. The number of rotatable bonds is 6. The van der Waals surface area contributed by atoms with Crippen molar-refractivity contribution in [2.45, 2.75) is 13.0 Å². The summed E-state index contributed by atoms with van der Waals surface area (Å²) in [6.07, 6.45) is 3.26. The summed E-state index contributed by atoms with van der Waals surface area (Å²) in [6.45, 7) is 2.96. The highest BCUT2D eigenvalue weighted by molar-refractivity contribution is 5.64. The van der Waals surface area contributed by atoms with Crippen LogP contribution in [-0.4, -0.2) is 32.3 Å². The molecule has 0 radical (unpaired) electrons. The predicted octanol–water partition coefficient (Wildman–Crippen LogP) is 2.61. The third kappa shape index (κ3) is 5.11. The van der Waals surface area contributed by atoms with Crippen LogP contribution >= 0.6 is 0 Å². The zero-order valence-electron chi connectivity index (χ0n) is 10.7. The van der Waals surface area contributed by atoms with Gasteiger partial charge in [0.15, 0.2) is 6.79 Å². The summed E-state index contributed by atoms with van der Waals surface area (Å²) in [5, 5.41) is 0. The molecule has 5 nitrogen and oxygen atoms in total. The second kappa shape index (κ2) is 6.92. The zero-order valence-corrected chi connectivity index (χ0v) is 10.7. The number of carbonyl (C=O) groups excluding carboxylic acids is 1. The summed E-state index contributed by atoms with van der Waals surface area (Å²) >= 11 is 0. The molecule has 102 valence electrons. The molecule has 19 heavy (non-hydrogen) atoms. The zero-order chi connectivity index (χ0) is 13.5. The summed E-state index contributed by atoms with van der Waals surface area (Å²) in [4.78, 5) is 11.3. The minimum absolute atomic E-state index is 0.130. The summed E-state index contributed by atoms with van der Waals surface area (Å²) in [7, 11) is 0. The highest BCUT2D eigenvalue weighted by atomic mass is 16.8. The molecule has 1 fully saturated rings. The van der Waals surface area contributed by atoms with Crippen LogP contribution in [-0.2, 0) is 14.2 Å². The Morgan fingerprint density at radius 1 is 1.42 bits per heavy atom. The number of hydrogen-bond donors (Lipinski definition) is 0. The van der Waals surface area contributed by atoms with E-state index in [1.165, 1.54) is 0 Å². The third-order valence-corrected chi connectivity index (χ3v) is 2.41. The van der Waals surface area contributed by atoms with Crippen LogP contribution in [0.15, 0.2) is 30.3 Å². The van der Waals surface area contributed by atoms with Gasteiger partial charge in [-0.15, -0.1) is 0 Å². The Morgan fingerprint density at radius 2 is 2.16 bits per heavy atom. The Balaban J connectivity index is 1.68. The van der Waals surface area contributed by atoms with Crippen molar-refractivity contribution in [3.63, 3.8) is 0 Å². The Labute approximate surface area is 111 Å². The molecule has 1 atom stereocenters. The first-order chi connectivity index (χ1) is 9.28. The fourth-order valence-electron chi connectivity index (χ4n) is 1.40. The molecule has 1 saturated heterocycles. The molecule has 0 aromatic heterocycles. The molecular formula is C14H16O5. The van der Waals surface area contributed by atoms with Crippen LogP contribution in [0.4, 0.5) is 4.79 Å². The molecule has 1 aliphatic heterocycles. The molecule has 0 aliphatic carbocycles. The second-order valence-corrected chi connectivity index (χ2v) is 4.01. The van der Waals surface area contributed by atoms with Gasteiger partial charge in [0.2, 0.25) is 0 Å². The Morgan fingerprint density at radius 3 is 2.79 bits per heavy atom. The van der Waals surface area contributed by atoms with Crippen LogP contribution in [0.5, 0.6) is 5.75 Å². The lowest BCUT2D eigenvalue weighted by Crippen LogP contribution is -2.14. The molecule has 1 aromatic rings. The van der Waals surface area contributed by atoms with E-state index in [4.69, 9.17) is 18.9 Å². The Bertz CT molecular complexity index is 434. The van der Waals surface area contributed by atoms with Gasteiger partial charge in [-0.05, 0) is 24.6 Å². The van der Waals surface area contributed by atoms with Crippen molar-refractivity contribution in [1.82, 2.24) is 0 Å². The number of hydrogen-bond acceptors (Lipinski definition) is 5. The number of ether oxygens (including phenoxy) is 4. The van der Waals surface area contributed by atoms with E-state index < -0.39 is 6.16 Å². The van der Waals surface area contributed by atoms with E-state index in [1.807, 2.05) is 31.2 Å². The van der Waals surface area contributed by atoms with Gasteiger partial charge in [-0.3, -0.25) is 0 Å². The molecule has 0 bridgehead atoms. The van der Waals surface area contributed by atoms with Crippen LogP contribution in [0, 0.1) is 0 Å². The van der Waals surface area contributed by atoms with E-state index >= 15 is 0 Å². The van der Waals surface area contributed by atoms with Crippen LogP contribution in [0.3, 0.4) is 0 Å². The highest BCUT2D eigenvalue weighted by Crippen LogP contribution is 2.14. The molecule has 1 unspecified atom stereocenters. The highest BCUT2D eigenvalue weighted by Gasteiger charge is 2.22. The maximum absolute atomic E-state index is 11.3. The van der Waals surface area contributed by atoms with Gasteiger partial charge < -0.3 is 18.9 Å². The van der Waals surface area contributed by atoms with Crippen LogP contribution in [0.1, 0.15) is 12.5 Å². The van der Waals surface area contributed by atoms with Crippen molar-refractivity contribution in [2.75, 3.05) is 20.0 Å². The Kier molecular flexibility index (Phi) is 4.94.